The first kappa shape index (κ1) is 19.1. The van der Waals surface area contributed by atoms with Gasteiger partial charge in [0.25, 0.3) is 0 Å². The first-order chi connectivity index (χ1) is 13.6. The zero-order valence-electron chi connectivity index (χ0n) is 15.5. The number of fused-ring (bicyclic) bond motifs is 2. The second kappa shape index (κ2) is 7.66. The highest BCUT2D eigenvalue weighted by atomic mass is 35.5. The maximum atomic E-state index is 6.26. The van der Waals surface area contributed by atoms with E-state index in [4.69, 9.17) is 43.6 Å². The molecule has 144 valence electrons. The van der Waals surface area contributed by atoms with Crippen LogP contribution < -0.4 is 10.5 Å². The fourth-order valence-corrected chi connectivity index (χ4v) is 4.32. The molecule has 3 heterocycles. The number of allylic oxidation sites excluding steroid dienone is 1. The van der Waals surface area contributed by atoms with E-state index >= 15 is 0 Å². The van der Waals surface area contributed by atoms with Gasteiger partial charge in [0.1, 0.15) is 16.4 Å². The first-order valence-electron chi connectivity index (χ1n) is 9.08. The van der Waals surface area contributed by atoms with E-state index in [0.717, 1.165) is 38.8 Å². The lowest BCUT2D eigenvalue weighted by Gasteiger charge is -2.32. The van der Waals surface area contributed by atoms with Crippen molar-refractivity contribution in [1.29, 1.82) is 0 Å². The maximum Gasteiger partial charge on any atom is 0.129 e. The van der Waals surface area contributed by atoms with Gasteiger partial charge in [-0.3, -0.25) is 4.99 Å². The lowest BCUT2D eigenvalue weighted by Crippen LogP contribution is -2.29. The molecular weight excluding hydrogens is 395 g/mol. The number of halogens is 2. The molecule has 1 aromatic carbocycles. The monoisotopic (exact) mass is 414 g/mol. The van der Waals surface area contributed by atoms with Crippen LogP contribution in [0.15, 0.2) is 47.0 Å². The SMILES string of the molecule is COc1ccc2c(C3(CCN)N=CC=C3CCCl)c3nc(Cl)ccc3nc2c1. The van der Waals surface area contributed by atoms with Crippen LogP contribution in [0.4, 0.5) is 0 Å². The van der Waals surface area contributed by atoms with Crippen molar-refractivity contribution in [2.24, 2.45) is 10.7 Å². The van der Waals surface area contributed by atoms with Gasteiger partial charge in [0, 0.05) is 29.1 Å². The molecule has 2 N–H and O–H groups in total. The number of alkyl halides is 1. The van der Waals surface area contributed by atoms with Crippen molar-refractivity contribution >= 4 is 51.4 Å². The second-order valence-electron chi connectivity index (χ2n) is 6.68. The molecule has 0 spiro atoms. The largest absolute Gasteiger partial charge is 0.497 e. The van der Waals surface area contributed by atoms with E-state index < -0.39 is 5.54 Å². The van der Waals surface area contributed by atoms with E-state index in [1.165, 1.54) is 0 Å². The zero-order valence-corrected chi connectivity index (χ0v) is 17.0. The van der Waals surface area contributed by atoms with Gasteiger partial charge in [0.2, 0.25) is 0 Å². The predicted octanol–water partition coefficient (Wildman–Crippen LogP) is 4.63. The van der Waals surface area contributed by atoms with Gasteiger partial charge in [-0.1, -0.05) is 11.6 Å². The summed E-state index contributed by atoms with van der Waals surface area (Å²) in [6, 6.07) is 9.47. The van der Waals surface area contributed by atoms with Crippen molar-refractivity contribution in [1.82, 2.24) is 9.97 Å². The smallest absolute Gasteiger partial charge is 0.129 e. The summed E-state index contributed by atoms with van der Waals surface area (Å²) in [6.45, 7) is 0.471. The van der Waals surface area contributed by atoms with Crippen LogP contribution in [-0.4, -0.2) is 35.7 Å². The van der Waals surface area contributed by atoms with E-state index in [0.29, 0.717) is 30.4 Å². The molecule has 0 radical (unpaired) electrons. The maximum absolute atomic E-state index is 6.26. The summed E-state index contributed by atoms with van der Waals surface area (Å²) in [5.74, 6) is 1.25. The Hall–Kier alpha value is -2.21. The number of ether oxygens (including phenoxy) is 1. The van der Waals surface area contributed by atoms with Gasteiger partial charge in [-0.25, -0.2) is 9.97 Å². The van der Waals surface area contributed by atoms with Gasteiger partial charge >= 0.3 is 0 Å². The summed E-state index contributed by atoms with van der Waals surface area (Å²) >= 11 is 12.4. The number of methoxy groups -OCH3 is 1. The summed E-state index contributed by atoms with van der Waals surface area (Å²) in [5, 5.41) is 1.37. The third-order valence-electron chi connectivity index (χ3n) is 5.18. The van der Waals surface area contributed by atoms with Crippen LogP contribution in [0.25, 0.3) is 21.9 Å². The zero-order chi connectivity index (χ0) is 19.7. The lowest BCUT2D eigenvalue weighted by atomic mass is 9.78. The van der Waals surface area contributed by atoms with Gasteiger partial charge in [0.15, 0.2) is 0 Å². The van der Waals surface area contributed by atoms with E-state index in [1.807, 2.05) is 36.6 Å². The van der Waals surface area contributed by atoms with Gasteiger partial charge in [0.05, 0.1) is 23.7 Å². The highest BCUT2D eigenvalue weighted by Crippen LogP contribution is 2.46. The Morgan fingerprint density at radius 1 is 1.14 bits per heavy atom. The van der Waals surface area contributed by atoms with Crippen LogP contribution in [0.1, 0.15) is 18.4 Å². The molecule has 1 atom stereocenters. The van der Waals surface area contributed by atoms with Crippen LogP contribution >= 0.6 is 23.2 Å². The minimum absolute atomic E-state index is 0.413. The van der Waals surface area contributed by atoms with Crippen molar-refractivity contribution in [2.45, 2.75) is 18.4 Å². The third-order valence-corrected chi connectivity index (χ3v) is 5.58. The Bertz CT molecular complexity index is 1110. The molecule has 1 aliphatic heterocycles. The number of hydrogen-bond acceptors (Lipinski definition) is 5. The summed E-state index contributed by atoms with van der Waals surface area (Å²) in [4.78, 5) is 14.3. The average Bonchev–Trinajstić information content (AvgIpc) is 3.09. The highest BCUT2D eigenvalue weighted by Gasteiger charge is 2.40. The number of aliphatic imine (C=N–C) groups is 1. The van der Waals surface area contributed by atoms with Gasteiger partial charge in [-0.15, -0.1) is 11.6 Å². The summed E-state index contributed by atoms with van der Waals surface area (Å²) in [6.07, 6.45) is 5.22. The van der Waals surface area contributed by atoms with E-state index in [1.54, 1.807) is 13.2 Å². The number of nitrogens with two attached hydrogens (primary N) is 1. The lowest BCUT2D eigenvalue weighted by molar-refractivity contribution is 0.415. The standard InChI is InChI=1S/C21H20Cl2N4O/c1-28-14-2-3-15-17(12-14)26-16-4-5-18(23)27-20(16)19(15)21(8-10-24)13(6-9-22)7-11-25-21/h2-5,7,11-12H,6,8-10,24H2,1H3. The molecule has 1 unspecified atom stereocenters. The Labute approximate surface area is 173 Å². The van der Waals surface area contributed by atoms with E-state index in [-0.39, 0.29) is 0 Å². The van der Waals surface area contributed by atoms with Crippen LogP contribution in [0.3, 0.4) is 0 Å². The van der Waals surface area contributed by atoms with Crippen molar-refractivity contribution in [3.05, 3.63) is 52.7 Å². The van der Waals surface area contributed by atoms with Crippen molar-refractivity contribution in [3.8, 4) is 5.75 Å². The van der Waals surface area contributed by atoms with Crippen LogP contribution in [0.5, 0.6) is 5.75 Å². The third kappa shape index (κ3) is 3.04. The Morgan fingerprint density at radius 2 is 2.00 bits per heavy atom. The van der Waals surface area contributed by atoms with Crippen LogP contribution in [0.2, 0.25) is 5.15 Å². The number of aromatic nitrogens is 2. The molecule has 3 aromatic rings. The first-order valence-corrected chi connectivity index (χ1v) is 9.99. The van der Waals surface area contributed by atoms with Crippen molar-refractivity contribution in [2.75, 3.05) is 19.5 Å². The summed E-state index contributed by atoms with van der Waals surface area (Å²) in [5.41, 5.74) is 9.80. The van der Waals surface area contributed by atoms with Crippen molar-refractivity contribution in [3.63, 3.8) is 0 Å². The molecule has 0 saturated carbocycles. The average molecular weight is 415 g/mol. The van der Waals surface area contributed by atoms with Gasteiger partial charge in [-0.05, 0) is 55.3 Å². The highest BCUT2D eigenvalue weighted by molar-refractivity contribution is 6.29. The second-order valence-corrected chi connectivity index (χ2v) is 7.44. The van der Waals surface area contributed by atoms with Crippen LogP contribution in [0, 0.1) is 0 Å². The fraction of sp³-hybridized carbons (Fsp3) is 0.286. The molecule has 7 heteroatoms. The minimum Gasteiger partial charge on any atom is -0.497 e. The summed E-state index contributed by atoms with van der Waals surface area (Å²) in [7, 11) is 1.64. The fourth-order valence-electron chi connectivity index (χ4n) is 3.97. The number of nitrogens with zero attached hydrogens (tertiary/aromatic N) is 3. The van der Waals surface area contributed by atoms with Gasteiger partial charge < -0.3 is 10.5 Å². The number of hydrogen-bond donors (Lipinski definition) is 1. The van der Waals surface area contributed by atoms with E-state index in [9.17, 15) is 0 Å². The molecular formula is C21H20Cl2N4O. The Morgan fingerprint density at radius 3 is 2.75 bits per heavy atom. The molecule has 0 amide bonds. The minimum atomic E-state index is -0.630. The predicted molar refractivity (Wildman–Crippen MR) is 116 cm³/mol. The molecule has 0 fully saturated rings. The van der Waals surface area contributed by atoms with Gasteiger partial charge in [-0.2, -0.15) is 0 Å². The van der Waals surface area contributed by atoms with E-state index in [2.05, 4.69) is 4.98 Å². The molecule has 0 saturated heterocycles. The molecule has 5 nitrogen and oxygen atoms in total. The molecule has 28 heavy (non-hydrogen) atoms. The quantitative estimate of drug-likeness (QED) is 0.362. The number of benzene rings is 1. The van der Waals surface area contributed by atoms with Crippen LogP contribution in [-0.2, 0) is 5.54 Å². The number of pyridine rings is 2. The molecule has 4 rings (SSSR count). The Balaban J connectivity index is 2.13. The topological polar surface area (TPSA) is 73.4 Å². The van der Waals surface area contributed by atoms with Crippen molar-refractivity contribution < 1.29 is 4.74 Å². The Kier molecular flexibility index (Phi) is 5.23. The molecule has 2 aromatic heterocycles. The number of rotatable bonds is 6. The molecule has 0 bridgehead atoms. The molecule has 1 aliphatic rings. The normalized spacial score (nSPS) is 18.8. The molecule has 0 aliphatic carbocycles. The summed E-state index contributed by atoms with van der Waals surface area (Å²) < 4.78 is 5.40.